The van der Waals surface area contributed by atoms with E-state index in [1.807, 2.05) is 43.3 Å². The molecule has 68 valence electrons. The summed E-state index contributed by atoms with van der Waals surface area (Å²) in [6, 6.07) is 9.80. The lowest BCUT2D eigenvalue weighted by Crippen LogP contribution is -2.20. The van der Waals surface area contributed by atoms with Crippen molar-refractivity contribution in [3.8, 4) is 0 Å². The van der Waals surface area contributed by atoms with Crippen LogP contribution in [0.1, 0.15) is 12.5 Å². The van der Waals surface area contributed by atoms with Crippen LogP contribution in [-0.4, -0.2) is 12.3 Å². The average molecular weight is 175 g/mol. The van der Waals surface area contributed by atoms with Crippen LogP contribution >= 0.6 is 0 Å². The lowest BCUT2D eigenvalue weighted by Gasteiger charge is -2.01. The molecule has 1 rings (SSSR count). The maximum atomic E-state index is 10.3. The molecule has 2 nitrogen and oxygen atoms in total. The Balaban J connectivity index is 2.45. The molecule has 0 fully saturated rings. The third kappa shape index (κ3) is 3.56. The number of aldehydes is 1. The zero-order valence-corrected chi connectivity index (χ0v) is 7.60. The first kappa shape index (κ1) is 9.52. The van der Waals surface area contributed by atoms with E-state index >= 15 is 0 Å². The van der Waals surface area contributed by atoms with Crippen molar-refractivity contribution < 1.29 is 4.79 Å². The number of benzene rings is 1. The van der Waals surface area contributed by atoms with Gasteiger partial charge in [0.2, 0.25) is 0 Å². The number of carbonyl (C=O) groups excluding carboxylic acids is 1. The molecule has 1 aromatic carbocycles. The predicted octanol–water partition coefficient (Wildman–Crippen LogP) is 1.83. The monoisotopic (exact) mass is 175 g/mol. The van der Waals surface area contributed by atoms with Crippen LogP contribution < -0.4 is 5.32 Å². The molecule has 0 amide bonds. The summed E-state index contributed by atoms with van der Waals surface area (Å²) in [6.45, 7) is 1.81. The van der Waals surface area contributed by atoms with Crippen LogP contribution in [0.4, 0.5) is 0 Å². The van der Waals surface area contributed by atoms with Gasteiger partial charge in [-0.15, -0.1) is 0 Å². The Morgan fingerprint density at radius 3 is 2.62 bits per heavy atom. The number of rotatable bonds is 4. The Kier molecular flexibility index (Phi) is 3.76. The molecule has 0 saturated heterocycles. The molecule has 0 aromatic heterocycles. The topological polar surface area (TPSA) is 29.1 Å². The first-order chi connectivity index (χ1) is 6.33. The first-order valence-corrected chi connectivity index (χ1v) is 4.26. The maximum absolute atomic E-state index is 10.3. The number of hydrogen-bond acceptors (Lipinski definition) is 2. The predicted molar refractivity (Wildman–Crippen MR) is 54.1 cm³/mol. The van der Waals surface area contributed by atoms with E-state index in [2.05, 4.69) is 5.32 Å². The fourth-order valence-electron chi connectivity index (χ4n) is 0.900. The van der Waals surface area contributed by atoms with Crippen LogP contribution in [0.25, 0.3) is 6.08 Å². The van der Waals surface area contributed by atoms with Crippen LogP contribution in [0.5, 0.6) is 0 Å². The molecule has 1 unspecified atom stereocenters. The van der Waals surface area contributed by atoms with Gasteiger partial charge in [0, 0.05) is 0 Å². The van der Waals surface area contributed by atoms with E-state index in [9.17, 15) is 4.79 Å². The van der Waals surface area contributed by atoms with Crippen molar-refractivity contribution in [2.24, 2.45) is 0 Å². The highest BCUT2D eigenvalue weighted by molar-refractivity contribution is 5.57. The van der Waals surface area contributed by atoms with Crippen molar-refractivity contribution in [3.63, 3.8) is 0 Å². The quantitative estimate of drug-likeness (QED) is 0.707. The largest absolute Gasteiger partial charge is 0.382 e. The van der Waals surface area contributed by atoms with E-state index in [0.717, 1.165) is 11.8 Å². The van der Waals surface area contributed by atoms with E-state index in [1.165, 1.54) is 0 Å². The van der Waals surface area contributed by atoms with Crippen LogP contribution in [0.2, 0.25) is 0 Å². The summed E-state index contributed by atoms with van der Waals surface area (Å²) < 4.78 is 0. The van der Waals surface area contributed by atoms with Crippen molar-refractivity contribution in [1.29, 1.82) is 0 Å². The van der Waals surface area contributed by atoms with E-state index < -0.39 is 0 Å². The molecule has 0 spiro atoms. The third-order valence-electron chi connectivity index (χ3n) is 1.64. The molecule has 2 heteroatoms. The minimum absolute atomic E-state index is 0.125. The summed E-state index contributed by atoms with van der Waals surface area (Å²) in [6.07, 6.45) is 4.59. The third-order valence-corrected chi connectivity index (χ3v) is 1.64. The second kappa shape index (κ2) is 5.14. The van der Waals surface area contributed by atoms with Gasteiger partial charge in [-0.2, -0.15) is 0 Å². The molecule has 1 N–H and O–H groups in total. The number of hydrogen-bond donors (Lipinski definition) is 1. The van der Waals surface area contributed by atoms with Gasteiger partial charge in [0.15, 0.2) is 0 Å². The van der Waals surface area contributed by atoms with Gasteiger partial charge in [-0.1, -0.05) is 30.3 Å². The summed E-state index contributed by atoms with van der Waals surface area (Å²) >= 11 is 0. The summed E-state index contributed by atoms with van der Waals surface area (Å²) in [4.78, 5) is 10.3. The van der Waals surface area contributed by atoms with Crippen LogP contribution in [0.3, 0.4) is 0 Å². The van der Waals surface area contributed by atoms with Crippen molar-refractivity contribution in [1.82, 2.24) is 5.32 Å². The lowest BCUT2D eigenvalue weighted by molar-refractivity contribution is -0.109. The molecule has 0 bridgehead atoms. The van der Waals surface area contributed by atoms with Gasteiger partial charge in [0.25, 0.3) is 0 Å². The van der Waals surface area contributed by atoms with E-state index in [0.29, 0.717) is 0 Å². The molecule has 0 saturated carbocycles. The molecule has 0 aliphatic heterocycles. The number of carbonyl (C=O) groups is 1. The van der Waals surface area contributed by atoms with Crippen LogP contribution in [-0.2, 0) is 4.79 Å². The van der Waals surface area contributed by atoms with E-state index in [-0.39, 0.29) is 6.04 Å². The fourth-order valence-corrected chi connectivity index (χ4v) is 0.900. The highest BCUT2D eigenvalue weighted by Gasteiger charge is 1.90. The van der Waals surface area contributed by atoms with Gasteiger partial charge in [0.1, 0.15) is 6.29 Å². The van der Waals surface area contributed by atoms with Gasteiger partial charge in [0.05, 0.1) is 6.04 Å². The molecule has 13 heavy (non-hydrogen) atoms. The summed E-state index contributed by atoms with van der Waals surface area (Å²) in [5.74, 6) is 0. The molecular weight excluding hydrogens is 162 g/mol. The maximum Gasteiger partial charge on any atom is 0.141 e. The molecule has 0 radical (unpaired) electrons. The second-order valence-corrected chi connectivity index (χ2v) is 2.84. The Hall–Kier alpha value is -1.57. The molecular formula is C11H13NO. The SMILES string of the molecule is CC(C=O)N/C=C/c1ccccc1. The number of nitrogens with one attached hydrogen (secondary N) is 1. The first-order valence-electron chi connectivity index (χ1n) is 4.26. The highest BCUT2D eigenvalue weighted by atomic mass is 16.1. The van der Waals surface area contributed by atoms with Crippen molar-refractivity contribution in [2.75, 3.05) is 0 Å². The van der Waals surface area contributed by atoms with Gasteiger partial charge < -0.3 is 10.1 Å². The minimum atomic E-state index is -0.125. The Morgan fingerprint density at radius 2 is 2.00 bits per heavy atom. The standard InChI is InChI=1S/C11H13NO/c1-10(9-13)12-8-7-11-5-3-2-4-6-11/h2-10,12H,1H3/b8-7+. The Bertz CT molecular complexity index is 279. The minimum Gasteiger partial charge on any atom is -0.382 e. The zero-order chi connectivity index (χ0) is 9.52. The summed E-state index contributed by atoms with van der Waals surface area (Å²) in [5.41, 5.74) is 1.12. The lowest BCUT2D eigenvalue weighted by atomic mass is 10.2. The van der Waals surface area contributed by atoms with Crippen molar-refractivity contribution >= 4 is 12.4 Å². The Labute approximate surface area is 78.3 Å². The van der Waals surface area contributed by atoms with Gasteiger partial charge >= 0.3 is 0 Å². The summed E-state index contributed by atoms with van der Waals surface area (Å²) in [5, 5.41) is 2.93. The average Bonchev–Trinajstić information content (AvgIpc) is 2.19. The second-order valence-electron chi connectivity index (χ2n) is 2.84. The normalized spacial score (nSPS) is 12.7. The molecule has 1 aromatic rings. The smallest absolute Gasteiger partial charge is 0.141 e. The van der Waals surface area contributed by atoms with Crippen molar-refractivity contribution in [3.05, 3.63) is 42.1 Å². The van der Waals surface area contributed by atoms with Gasteiger partial charge in [-0.05, 0) is 24.8 Å². The van der Waals surface area contributed by atoms with E-state index in [4.69, 9.17) is 0 Å². The summed E-state index contributed by atoms with van der Waals surface area (Å²) in [7, 11) is 0. The zero-order valence-electron chi connectivity index (χ0n) is 7.60. The highest BCUT2D eigenvalue weighted by Crippen LogP contribution is 1.99. The Morgan fingerprint density at radius 1 is 1.31 bits per heavy atom. The fraction of sp³-hybridized carbons (Fsp3) is 0.182. The van der Waals surface area contributed by atoms with Crippen LogP contribution in [0, 0.1) is 0 Å². The molecule has 0 heterocycles. The van der Waals surface area contributed by atoms with Crippen molar-refractivity contribution in [2.45, 2.75) is 13.0 Å². The molecule has 0 aliphatic rings. The molecule has 0 aliphatic carbocycles. The van der Waals surface area contributed by atoms with Gasteiger partial charge in [-0.3, -0.25) is 0 Å². The van der Waals surface area contributed by atoms with Gasteiger partial charge in [-0.25, -0.2) is 0 Å². The van der Waals surface area contributed by atoms with Crippen LogP contribution in [0.15, 0.2) is 36.5 Å². The molecule has 1 atom stereocenters. The van der Waals surface area contributed by atoms with E-state index in [1.54, 1.807) is 6.20 Å².